The SMILES string of the molecule is CCCCCCCC[Si](CCC(F)(F)F)(OC)OC. The third-order valence-corrected chi connectivity index (χ3v) is 7.06. The average Bonchev–Trinajstić information content (AvgIpc) is 2.37. The van der Waals surface area contributed by atoms with Crippen molar-refractivity contribution in [2.45, 2.75) is 70.1 Å². The van der Waals surface area contributed by atoms with E-state index in [2.05, 4.69) is 6.92 Å². The van der Waals surface area contributed by atoms with Gasteiger partial charge in [0.2, 0.25) is 0 Å². The summed E-state index contributed by atoms with van der Waals surface area (Å²) in [4.78, 5) is 0. The van der Waals surface area contributed by atoms with Gasteiger partial charge >= 0.3 is 14.7 Å². The Morgan fingerprint density at radius 2 is 1.37 bits per heavy atom. The lowest BCUT2D eigenvalue weighted by Crippen LogP contribution is -2.40. The van der Waals surface area contributed by atoms with Gasteiger partial charge in [-0.05, 0) is 12.1 Å². The first-order valence-corrected chi connectivity index (χ1v) is 9.29. The molecule has 0 N–H and O–H groups in total. The maximum Gasteiger partial charge on any atom is 0.389 e. The van der Waals surface area contributed by atoms with Gasteiger partial charge in [-0.25, -0.2) is 0 Å². The average molecular weight is 300 g/mol. The lowest BCUT2D eigenvalue weighted by Gasteiger charge is -2.27. The van der Waals surface area contributed by atoms with Gasteiger partial charge in [-0.2, -0.15) is 13.2 Å². The Kier molecular flexibility index (Phi) is 9.73. The summed E-state index contributed by atoms with van der Waals surface area (Å²) in [5, 5.41) is 0. The quantitative estimate of drug-likeness (QED) is 0.393. The van der Waals surface area contributed by atoms with Gasteiger partial charge in [0.15, 0.2) is 0 Å². The van der Waals surface area contributed by atoms with Crippen LogP contribution >= 0.6 is 0 Å². The fraction of sp³-hybridized carbons (Fsp3) is 1.00. The van der Waals surface area contributed by atoms with Crippen LogP contribution in [0.4, 0.5) is 13.2 Å². The zero-order valence-electron chi connectivity index (χ0n) is 12.3. The van der Waals surface area contributed by atoms with Crippen molar-refractivity contribution in [1.82, 2.24) is 0 Å². The highest BCUT2D eigenvalue weighted by Crippen LogP contribution is 2.30. The van der Waals surface area contributed by atoms with Gasteiger partial charge in [-0.15, -0.1) is 0 Å². The molecule has 0 fully saturated rings. The minimum absolute atomic E-state index is 0.00153. The summed E-state index contributed by atoms with van der Waals surface area (Å²) in [5.74, 6) is 0. The van der Waals surface area contributed by atoms with Crippen LogP contribution in [0.3, 0.4) is 0 Å². The topological polar surface area (TPSA) is 18.5 Å². The predicted molar refractivity (Wildman–Crippen MR) is 73.4 cm³/mol. The minimum atomic E-state index is -4.13. The molecule has 0 aromatic rings. The van der Waals surface area contributed by atoms with Crippen LogP contribution < -0.4 is 0 Å². The van der Waals surface area contributed by atoms with Gasteiger partial charge in [-0.1, -0.05) is 45.4 Å². The van der Waals surface area contributed by atoms with Gasteiger partial charge in [-0.3, -0.25) is 0 Å². The molecule has 116 valence electrons. The Morgan fingerprint density at radius 1 is 0.842 bits per heavy atom. The molecule has 0 saturated heterocycles. The maximum absolute atomic E-state index is 12.3. The van der Waals surface area contributed by atoms with Crippen LogP contribution in [0, 0.1) is 0 Å². The number of alkyl halides is 3. The molecule has 0 aliphatic carbocycles. The molecule has 0 aliphatic rings. The van der Waals surface area contributed by atoms with Gasteiger partial charge in [0.1, 0.15) is 0 Å². The van der Waals surface area contributed by atoms with Crippen molar-refractivity contribution < 1.29 is 22.0 Å². The monoisotopic (exact) mass is 300 g/mol. The van der Waals surface area contributed by atoms with Crippen molar-refractivity contribution in [1.29, 1.82) is 0 Å². The van der Waals surface area contributed by atoms with Gasteiger partial charge in [0.25, 0.3) is 0 Å². The van der Waals surface area contributed by atoms with Gasteiger partial charge in [0.05, 0.1) is 0 Å². The van der Waals surface area contributed by atoms with E-state index in [1.807, 2.05) is 0 Å². The maximum atomic E-state index is 12.3. The molecule has 0 amide bonds. The molecule has 0 aromatic carbocycles. The van der Waals surface area contributed by atoms with Crippen molar-refractivity contribution in [2.75, 3.05) is 14.2 Å². The molecule has 6 heteroatoms. The second-order valence-electron chi connectivity index (χ2n) is 4.95. The van der Waals surface area contributed by atoms with E-state index in [1.165, 1.54) is 33.5 Å². The number of hydrogen-bond acceptors (Lipinski definition) is 2. The third-order valence-electron chi connectivity index (χ3n) is 3.44. The van der Waals surface area contributed by atoms with E-state index in [0.717, 1.165) is 19.3 Å². The Morgan fingerprint density at radius 3 is 1.84 bits per heavy atom. The van der Waals surface area contributed by atoms with Crippen LogP contribution in [0.5, 0.6) is 0 Å². The van der Waals surface area contributed by atoms with E-state index in [9.17, 15) is 13.2 Å². The van der Waals surface area contributed by atoms with E-state index in [1.54, 1.807) is 0 Å². The summed E-state index contributed by atoms with van der Waals surface area (Å²) in [5.41, 5.74) is 0. The van der Waals surface area contributed by atoms with E-state index >= 15 is 0 Å². The smallest absolute Gasteiger partial charge is 0.389 e. The number of rotatable bonds is 11. The molecule has 19 heavy (non-hydrogen) atoms. The minimum Gasteiger partial charge on any atom is -0.398 e. The highest BCUT2D eigenvalue weighted by molar-refractivity contribution is 6.67. The molecule has 0 radical (unpaired) electrons. The van der Waals surface area contributed by atoms with Crippen LogP contribution in [-0.4, -0.2) is 29.0 Å². The molecule has 0 aromatic heterocycles. The van der Waals surface area contributed by atoms with Gasteiger partial charge in [0, 0.05) is 20.6 Å². The highest BCUT2D eigenvalue weighted by atomic mass is 28.4. The molecule has 0 atom stereocenters. The second-order valence-corrected chi connectivity index (χ2v) is 8.59. The zero-order valence-corrected chi connectivity index (χ0v) is 13.3. The van der Waals surface area contributed by atoms with Crippen molar-refractivity contribution in [3.05, 3.63) is 0 Å². The molecule has 0 unspecified atom stereocenters. The van der Waals surface area contributed by atoms with Crippen LogP contribution in [0.2, 0.25) is 12.1 Å². The molecule has 2 nitrogen and oxygen atoms in total. The standard InChI is InChI=1S/C13H27F3O2Si/c1-4-5-6-7-8-9-11-19(17-2,18-3)12-10-13(14,15)16/h4-12H2,1-3H3. The lowest BCUT2D eigenvalue weighted by molar-refractivity contribution is -0.131. The summed E-state index contributed by atoms with van der Waals surface area (Å²) < 4.78 is 47.5. The Bertz CT molecular complexity index is 218. The summed E-state index contributed by atoms with van der Waals surface area (Å²) in [6, 6.07) is 0.653. The molecule has 0 aliphatic heterocycles. The van der Waals surface area contributed by atoms with E-state index in [-0.39, 0.29) is 6.04 Å². The largest absolute Gasteiger partial charge is 0.398 e. The molecular formula is C13H27F3O2Si. The van der Waals surface area contributed by atoms with Crippen LogP contribution in [0.25, 0.3) is 0 Å². The summed E-state index contributed by atoms with van der Waals surface area (Å²) in [6.07, 6.45) is 1.78. The number of halogens is 3. The van der Waals surface area contributed by atoms with E-state index in [4.69, 9.17) is 8.85 Å². The Balaban J connectivity index is 4.01. The molecule has 0 spiro atoms. The first kappa shape index (κ1) is 18.9. The van der Waals surface area contributed by atoms with Crippen molar-refractivity contribution in [3.8, 4) is 0 Å². The summed E-state index contributed by atoms with van der Waals surface area (Å²) in [6.45, 7) is 2.16. The zero-order chi connectivity index (χ0) is 14.8. The first-order chi connectivity index (χ1) is 8.89. The second kappa shape index (κ2) is 9.77. The number of unbranched alkanes of at least 4 members (excludes halogenated alkanes) is 5. The molecular weight excluding hydrogens is 273 g/mol. The van der Waals surface area contributed by atoms with Crippen molar-refractivity contribution in [3.63, 3.8) is 0 Å². The van der Waals surface area contributed by atoms with Crippen molar-refractivity contribution >= 4 is 8.56 Å². The lowest BCUT2D eigenvalue weighted by atomic mass is 10.1. The van der Waals surface area contributed by atoms with Gasteiger partial charge < -0.3 is 8.85 Å². The fourth-order valence-electron chi connectivity index (χ4n) is 2.12. The molecule has 0 rings (SSSR count). The normalized spacial score (nSPS) is 12.9. The Hall–Kier alpha value is -0.0731. The highest BCUT2D eigenvalue weighted by Gasteiger charge is 2.39. The Labute approximate surface area is 115 Å². The van der Waals surface area contributed by atoms with Crippen LogP contribution in [0.1, 0.15) is 51.9 Å². The molecule has 0 bridgehead atoms. The first-order valence-electron chi connectivity index (χ1n) is 7.06. The van der Waals surface area contributed by atoms with Crippen LogP contribution in [-0.2, 0) is 8.85 Å². The van der Waals surface area contributed by atoms with Crippen molar-refractivity contribution in [2.24, 2.45) is 0 Å². The van der Waals surface area contributed by atoms with Crippen LogP contribution in [0.15, 0.2) is 0 Å². The molecule has 0 heterocycles. The van der Waals surface area contributed by atoms with E-state index in [0.29, 0.717) is 6.04 Å². The fourth-order valence-corrected chi connectivity index (χ4v) is 4.81. The predicted octanol–water partition coefficient (Wildman–Crippen LogP) is 5.03. The molecule has 0 saturated carbocycles. The van der Waals surface area contributed by atoms with E-state index < -0.39 is 21.2 Å². The number of hydrogen-bond donors (Lipinski definition) is 0. The third kappa shape index (κ3) is 9.46. The summed E-state index contributed by atoms with van der Waals surface area (Å²) >= 11 is 0. The summed E-state index contributed by atoms with van der Waals surface area (Å²) in [7, 11) is 0.309.